The number of nitrogens with zero attached hydrogens (tertiary/aromatic N) is 1. The molecule has 2 aromatic rings. The fourth-order valence-electron chi connectivity index (χ4n) is 3.03. The second-order valence-corrected chi connectivity index (χ2v) is 10.4. The highest BCUT2D eigenvalue weighted by molar-refractivity contribution is 7.89. The number of sulfonamides is 1. The van der Waals surface area contributed by atoms with Crippen molar-refractivity contribution in [1.82, 2.24) is 4.31 Å². The van der Waals surface area contributed by atoms with Gasteiger partial charge >= 0.3 is 6.03 Å². The number of benzene rings is 2. The summed E-state index contributed by atoms with van der Waals surface area (Å²) in [6.45, 7) is 7.63. The van der Waals surface area contributed by atoms with Crippen LogP contribution in [0.1, 0.15) is 26.3 Å². The molecule has 1 heterocycles. The number of amides is 2. The number of ether oxygens (including phenoxy) is 1. The highest BCUT2D eigenvalue weighted by Gasteiger charge is 2.27. The first-order valence-electron chi connectivity index (χ1n) is 9.63. The van der Waals surface area contributed by atoms with Gasteiger partial charge in [0.2, 0.25) is 10.0 Å². The molecular formula is C21H26ClN3O4S. The summed E-state index contributed by atoms with van der Waals surface area (Å²) in [6.07, 6.45) is 0. The predicted molar refractivity (Wildman–Crippen MR) is 119 cm³/mol. The number of rotatable bonds is 4. The van der Waals surface area contributed by atoms with Gasteiger partial charge in [-0.05, 0) is 41.3 Å². The minimum atomic E-state index is -3.69. The van der Waals surface area contributed by atoms with Gasteiger partial charge in [-0.2, -0.15) is 4.31 Å². The zero-order valence-corrected chi connectivity index (χ0v) is 18.8. The maximum atomic E-state index is 12.8. The second kappa shape index (κ2) is 8.93. The fourth-order valence-corrected chi connectivity index (χ4v) is 4.63. The Labute approximate surface area is 182 Å². The van der Waals surface area contributed by atoms with E-state index < -0.39 is 16.1 Å². The molecule has 2 N–H and O–H groups in total. The molecule has 0 aromatic heterocycles. The lowest BCUT2D eigenvalue weighted by molar-refractivity contribution is 0.0730. The van der Waals surface area contributed by atoms with E-state index in [1.54, 1.807) is 0 Å². The van der Waals surface area contributed by atoms with E-state index >= 15 is 0 Å². The van der Waals surface area contributed by atoms with Crippen LogP contribution in [-0.2, 0) is 20.2 Å². The van der Waals surface area contributed by atoms with Crippen molar-refractivity contribution in [2.24, 2.45) is 0 Å². The van der Waals surface area contributed by atoms with Crippen molar-refractivity contribution in [1.29, 1.82) is 0 Å². The van der Waals surface area contributed by atoms with Crippen LogP contribution in [0.25, 0.3) is 0 Å². The molecule has 7 nitrogen and oxygen atoms in total. The monoisotopic (exact) mass is 451 g/mol. The normalized spacial score (nSPS) is 15.6. The standard InChI is InChI=1S/C21H26ClN3O4S/c1-21(2,3)15-4-6-16(7-5-15)23-20(26)24-19-14-17(8-9-18(19)22)30(27,28)25-10-12-29-13-11-25/h4-9,14H,10-13H2,1-3H3,(H2,23,24,26). The van der Waals surface area contributed by atoms with Crippen LogP contribution in [0.5, 0.6) is 0 Å². The van der Waals surface area contributed by atoms with E-state index in [0.29, 0.717) is 32.0 Å². The summed E-state index contributed by atoms with van der Waals surface area (Å²) in [4.78, 5) is 12.5. The molecule has 0 bridgehead atoms. The van der Waals surface area contributed by atoms with Crippen molar-refractivity contribution in [3.05, 3.63) is 53.1 Å². The number of carbonyl (C=O) groups excluding carboxylic acids is 1. The Bertz CT molecular complexity index is 1010. The Balaban J connectivity index is 1.73. The van der Waals surface area contributed by atoms with Crippen molar-refractivity contribution in [2.45, 2.75) is 31.1 Å². The van der Waals surface area contributed by atoms with Crippen LogP contribution < -0.4 is 10.6 Å². The lowest BCUT2D eigenvalue weighted by Gasteiger charge is -2.26. The van der Waals surface area contributed by atoms with Gasteiger partial charge in [-0.3, -0.25) is 0 Å². The lowest BCUT2D eigenvalue weighted by atomic mass is 9.87. The Morgan fingerprint density at radius 2 is 1.67 bits per heavy atom. The molecule has 1 saturated heterocycles. The molecule has 1 aliphatic heterocycles. The van der Waals surface area contributed by atoms with Gasteiger partial charge in [-0.1, -0.05) is 44.5 Å². The number of halogens is 1. The van der Waals surface area contributed by atoms with Gasteiger partial charge in [-0.25, -0.2) is 13.2 Å². The molecule has 0 saturated carbocycles. The number of nitrogens with one attached hydrogen (secondary N) is 2. The van der Waals surface area contributed by atoms with Gasteiger partial charge in [0, 0.05) is 18.8 Å². The molecule has 1 fully saturated rings. The molecule has 9 heteroatoms. The molecule has 3 rings (SSSR count). The molecule has 0 aliphatic carbocycles. The first-order valence-corrected chi connectivity index (χ1v) is 11.5. The number of hydrogen-bond acceptors (Lipinski definition) is 4. The quantitative estimate of drug-likeness (QED) is 0.725. The fraction of sp³-hybridized carbons (Fsp3) is 0.381. The molecule has 1 aliphatic rings. The van der Waals surface area contributed by atoms with Crippen LogP contribution in [0.3, 0.4) is 0 Å². The van der Waals surface area contributed by atoms with E-state index in [9.17, 15) is 13.2 Å². The van der Waals surface area contributed by atoms with Gasteiger partial charge < -0.3 is 15.4 Å². The number of carbonyl (C=O) groups is 1. The van der Waals surface area contributed by atoms with Crippen molar-refractivity contribution in [2.75, 3.05) is 36.9 Å². The van der Waals surface area contributed by atoms with Crippen LogP contribution in [0.4, 0.5) is 16.2 Å². The molecule has 2 aromatic carbocycles. The van der Waals surface area contributed by atoms with Crippen LogP contribution >= 0.6 is 11.6 Å². The van der Waals surface area contributed by atoms with Crippen molar-refractivity contribution >= 4 is 39.0 Å². The highest BCUT2D eigenvalue weighted by Crippen LogP contribution is 2.28. The molecule has 0 radical (unpaired) electrons. The van der Waals surface area contributed by atoms with E-state index in [-0.39, 0.29) is 21.0 Å². The summed E-state index contributed by atoms with van der Waals surface area (Å²) in [6, 6.07) is 11.3. The molecule has 0 unspecified atom stereocenters. The van der Waals surface area contributed by atoms with E-state index in [1.165, 1.54) is 22.5 Å². The van der Waals surface area contributed by atoms with Gasteiger partial charge in [0.25, 0.3) is 0 Å². The third kappa shape index (κ3) is 5.31. The van der Waals surface area contributed by atoms with Crippen LogP contribution in [0.15, 0.2) is 47.4 Å². The number of urea groups is 1. The lowest BCUT2D eigenvalue weighted by Crippen LogP contribution is -2.40. The minimum absolute atomic E-state index is 0.0146. The SMILES string of the molecule is CC(C)(C)c1ccc(NC(=O)Nc2cc(S(=O)(=O)N3CCOCC3)ccc2Cl)cc1. The summed E-state index contributed by atoms with van der Waals surface area (Å²) in [5, 5.41) is 5.61. The Hall–Kier alpha value is -2.13. The zero-order valence-electron chi connectivity index (χ0n) is 17.2. The molecular weight excluding hydrogens is 426 g/mol. The van der Waals surface area contributed by atoms with Crippen LogP contribution in [0, 0.1) is 0 Å². The highest BCUT2D eigenvalue weighted by atomic mass is 35.5. The van der Waals surface area contributed by atoms with Crippen molar-refractivity contribution in [3.63, 3.8) is 0 Å². The first-order chi connectivity index (χ1) is 14.1. The Morgan fingerprint density at radius 1 is 1.03 bits per heavy atom. The van der Waals surface area contributed by atoms with Gasteiger partial charge in [0.15, 0.2) is 0 Å². The largest absolute Gasteiger partial charge is 0.379 e. The number of morpholine rings is 1. The summed E-state index contributed by atoms with van der Waals surface area (Å²) < 4.78 is 32.3. The molecule has 162 valence electrons. The topological polar surface area (TPSA) is 87.7 Å². The van der Waals surface area contributed by atoms with E-state index in [1.807, 2.05) is 24.3 Å². The average molecular weight is 452 g/mol. The summed E-state index contributed by atoms with van der Waals surface area (Å²) in [7, 11) is -3.69. The zero-order chi connectivity index (χ0) is 21.9. The smallest absolute Gasteiger partial charge is 0.323 e. The van der Waals surface area contributed by atoms with Gasteiger partial charge in [-0.15, -0.1) is 0 Å². The number of hydrogen-bond donors (Lipinski definition) is 2. The maximum Gasteiger partial charge on any atom is 0.323 e. The second-order valence-electron chi connectivity index (χ2n) is 8.06. The third-order valence-corrected chi connectivity index (χ3v) is 7.03. The molecule has 2 amide bonds. The van der Waals surface area contributed by atoms with Gasteiger partial charge in [0.05, 0.1) is 28.8 Å². The van der Waals surface area contributed by atoms with E-state index in [4.69, 9.17) is 16.3 Å². The Morgan fingerprint density at radius 3 is 2.27 bits per heavy atom. The maximum absolute atomic E-state index is 12.8. The van der Waals surface area contributed by atoms with Crippen LogP contribution in [0.2, 0.25) is 5.02 Å². The van der Waals surface area contributed by atoms with E-state index in [0.717, 1.165) is 5.56 Å². The van der Waals surface area contributed by atoms with Crippen molar-refractivity contribution < 1.29 is 17.9 Å². The van der Waals surface area contributed by atoms with Crippen LogP contribution in [-0.4, -0.2) is 45.1 Å². The molecule has 0 spiro atoms. The molecule has 30 heavy (non-hydrogen) atoms. The number of anilines is 2. The van der Waals surface area contributed by atoms with Crippen molar-refractivity contribution in [3.8, 4) is 0 Å². The summed E-state index contributed by atoms with van der Waals surface area (Å²) in [5.74, 6) is 0. The molecule has 0 atom stereocenters. The Kier molecular flexibility index (Phi) is 6.71. The minimum Gasteiger partial charge on any atom is -0.379 e. The van der Waals surface area contributed by atoms with Gasteiger partial charge in [0.1, 0.15) is 0 Å². The summed E-state index contributed by atoms with van der Waals surface area (Å²) in [5.41, 5.74) is 2.00. The summed E-state index contributed by atoms with van der Waals surface area (Å²) >= 11 is 6.18. The average Bonchev–Trinajstić information content (AvgIpc) is 2.70. The predicted octanol–water partition coefficient (Wildman–Crippen LogP) is 4.30. The third-order valence-electron chi connectivity index (χ3n) is 4.80. The first kappa shape index (κ1) is 22.6. The van der Waals surface area contributed by atoms with E-state index in [2.05, 4.69) is 31.4 Å².